The number of ketones is 1. The van der Waals surface area contributed by atoms with Crippen molar-refractivity contribution in [2.75, 3.05) is 0 Å². The van der Waals surface area contributed by atoms with Crippen molar-refractivity contribution in [2.24, 2.45) is 0 Å². The largest absolute Gasteiger partial charge is 0.573 e. The third kappa shape index (κ3) is 9.84. The first-order valence-electron chi connectivity index (χ1n) is 12.8. The van der Waals surface area contributed by atoms with Gasteiger partial charge in [-0.15, -0.1) is 23.4 Å². The number of aryl methyl sites for hydroxylation is 1. The lowest BCUT2D eigenvalue weighted by molar-refractivity contribution is -0.274. The number of halogens is 7. The first-order chi connectivity index (χ1) is 20.7. The van der Waals surface area contributed by atoms with Crippen LogP contribution in [-0.2, 0) is 43.4 Å². The molecule has 1 N–H and O–H groups in total. The van der Waals surface area contributed by atoms with Gasteiger partial charge in [0.05, 0.1) is 24.9 Å². The predicted molar refractivity (Wildman–Crippen MR) is 136 cm³/mol. The standard InChI is InChI=1S/C26H23F7N8O3/c27-18(6-7-40-15-22(37-39-40)24(43)35-12-17-4-5-23(34-11-17)25(28,29)30)13-41-14-19(36-38-41)10-20(42)8-16-2-1-3-21(9-16)44-26(31,32)33/h1-5,9,11,14-15,18H,6-8,10,12-13H2,(H,35,43). The van der Waals surface area contributed by atoms with E-state index in [9.17, 15) is 40.3 Å². The molecule has 3 aromatic heterocycles. The highest BCUT2D eigenvalue weighted by Gasteiger charge is 2.32. The Morgan fingerprint density at radius 2 is 1.70 bits per heavy atom. The van der Waals surface area contributed by atoms with Gasteiger partial charge in [-0.1, -0.05) is 28.6 Å². The van der Waals surface area contributed by atoms with Crippen LogP contribution in [0.2, 0.25) is 0 Å². The van der Waals surface area contributed by atoms with Crippen molar-refractivity contribution < 1.29 is 45.1 Å². The molecule has 0 aliphatic rings. The van der Waals surface area contributed by atoms with Crippen molar-refractivity contribution in [1.29, 1.82) is 0 Å². The Morgan fingerprint density at radius 1 is 0.932 bits per heavy atom. The average Bonchev–Trinajstić information content (AvgIpc) is 3.59. The van der Waals surface area contributed by atoms with Gasteiger partial charge in [0, 0.05) is 38.3 Å². The van der Waals surface area contributed by atoms with Crippen LogP contribution >= 0.6 is 0 Å². The van der Waals surface area contributed by atoms with E-state index in [0.29, 0.717) is 11.1 Å². The van der Waals surface area contributed by atoms with Crippen molar-refractivity contribution in [3.63, 3.8) is 0 Å². The molecule has 0 spiro atoms. The maximum atomic E-state index is 14.6. The van der Waals surface area contributed by atoms with E-state index in [1.165, 1.54) is 40.0 Å². The van der Waals surface area contributed by atoms with E-state index < -0.39 is 36.1 Å². The fraction of sp³-hybridized carbons (Fsp3) is 0.346. The summed E-state index contributed by atoms with van der Waals surface area (Å²) in [6.45, 7) is -0.234. The Morgan fingerprint density at radius 3 is 2.41 bits per heavy atom. The van der Waals surface area contributed by atoms with Gasteiger partial charge in [-0.2, -0.15) is 13.2 Å². The van der Waals surface area contributed by atoms with E-state index in [1.54, 1.807) is 0 Å². The van der Waals surface area contributed by atoms with Crippen LogP contribution < -0.4 is 10.1 Å². The highest BCUT2D eigenvalue weighted by Crippen LogP contribution is 2.27. The number of benzene rings is 1. The molecule has 0 aliphatic heterocycles. The molecule has 4 aromatic rings. The molecule has 1 amide bonds. The van der Waals surface area contributed by atoms with Crippen LogP contribution in [-0.4, -0.2) is 59.2 Å². The number of rotatable bonds is 13. The smallest absolute Gasteiger partial charge is 0.406 e. The molecular formula is C26H23F7N8O3. The third-order valence-electron chi connectivity index (χ3n) is 5.89. The van der Waals surface area contributed by atoms with Crippen LogP contribution in [0.1, 0.15) is 39.4 Å². The summed E-state index contributed by atoms with van der Waals surface area (Å²) in [5.41, 5.74) is -0.223. The summed E-state index contributed by atoms with van der Waals surface area (Å²) in [6.07, 6.45) is -7.54. The summed E-state index contributed by atoms with van der Waals surface area (Å²) in [4.78, 5) is 28.0. The molecule has 0 saturated carbocycles. The summed E-state index contributed by atoms with van der Waals surface area (Å²) in [6, 6.07) is 7.03. The number of carbonyl (C=O) groups is 2. The van der Waals surface area contributed by atoms with Gasteiger partial charge in [0.25, 0.3) is 5.91 Å². The third-order valence-corrected chi connectivity index (χ3v) is 5.89. The Balaban J connectivity index is 1.19. The van der Waals surface area contributed by atoms with Gasteiger partial charge in [-0.25, -0.2) is 9.07 Å². The molecule has 0 aliphatic carbocycles. The molecule has 0 radical (unpaired) electrons. The van der Waals surface area contributed by atoms with E-state index in [1.807, 2.05) is 0 Å². The minimum Gasteiger partial charge on any atom is -0.406 e. The molecule has 11 nitrogen and oxygen atoms in total. The zero-order valence-electron chi connectivity index (χ0n) is 22.5. The molecule has 1 aromatic carbocycles. The number of amides is 1. The fourth-order valence-electron chi connectivity index (χ4n) is 3.90. The van der Waals surface area contributed by atoms with Crippen LogP contribution in [0.3, 0.4) is 0 Å². The van der Waals surface area contributed by atoms with Crippen molar-refractivity contribution in [3.8, 4) is 5.75 Å². The second kappa shape index (κ2) is 13.6. The topological polar surface area (TPSA) is 130 Å². The second-order valence-corrected chi connectivity index (χ2v) is 9.50. The van der Waals surface area contributed by atoms with E-state index in [4.69, 9.17) is 0 Å². The quantitative estimate of drug-likeness (QED) is 0.221. The number of pyridine rings is 1. The summed E-state index contributed by atoms with van der Waals surface area (Å²) >= 11 is 0. The molecular weight excluding hydrogens is 605 g/mol. The maximum Gasteiger partial charge on any atom is 0.573 e. The SMILES string of the molecule is O=C(Cc1cccc(OC(F)(F)F)c1)Cc1cn(CC(F)CCn2cc(C(=O)NCc3ccc(C(F)(F)F)nc3)nn2)nn1. The van der Waals surface area contributed by atoms with Crippen molar-refractivity contribution in [2.45, 2.75) is 57.6 Å². The number of ether oxygens (including phenoxy) is 1. The molecule has 0 fully saturated rings. The Labute approximate surface area is 244 Å². The normalized spacial score (nSPS) is 12.6. The monoisotopic (exact) mass is 628 g/mol. The van der Waals surface area contributed by atoms with Gasteiger partial charge in [0.15, 0.2) is 5.69 Å². The number of carbonyl (C=O) groups excluding carboxylic acids is 2. The minimum absolute atomic E-state index is 0.0356. The molecule has 3 heterocycles. The number of hydrogen-bond donors (Lipinski definition) is 1. The van der Waals surface area contributed by atoms with Crippen molar-refractivity contribution >= 4 is 11.7 Å². The van der Waals surface area contributed by atoms with Gasteiger partial charge in [-0.05, 0) is 29.3 Å². The molecule has 234 valence electrons. The van der Waals surface area contributed by atoms with E-state index in [-0.39, 0.29) is 56.1 Å². The first-order valence-corrected chi connectivity index (χ1v) is 12.8. The van der Waals surface area contributed by atoms with Gasteiger partial charge in [0.2, 0.25) is 0 Å². The van der Waals surface area contributed by atoms with Gasteiger partial charge in [-0.3, -0.25) is 19.3 Å². The van der Waals surface area contributed by atoms with Crippen molar-refractivity contribution in [3.05, 3.63) is 83.2 Å². The van der Waals surface area contributed by atoms with Crippen LogP contribution in [0.5, 0.6) is 5.75 Å². The number of nitrogens with one attached hydrogen (secondary N) is 1. The molecule has 1 atom stereocenters. The van der Waals surface area contributed by atoms with Crippen LogP contribution in [0.25, 0.3) is 0 Å². The number of aromatic nitrogens is 7. The number of alkyl halides is 7. The van der Waals surface area contributed by atoms with E-state index >= 15 is 0 Å². The van der Waals surface area contributed by atoms with Gasteiger partial charge >= 0.3 is 12.5 Å². The highest BCUT2D eigenvalue weighted by atomic mass is 19.4. The average molecular weight is 629 g/mol. The lowest BCUT2D eigenvalue weighted by Gasteiger charge is -2.09. The molecule has 4 rings (SSSR count). The molecule has 1 unspecified atom stereocenters. The van der Waals surface area contributed by atoms with E-state index in [0.717, 1.165) is 24.4 Å². The van der Waals surface area contributed by atoms with Gasteiger partial charge < -0.3 is 10.1 Å². The lowest BCUT2D eigenvalue weighted by Crippen LogP contribution is -2.23. The van der Waals surface area contributed by atoms with Crippen molar-refractivity contribution in [1.82, 2.24) is 40.3 Å². The van der Waals surface area contributed by atoms with Crippen LogP contribution in [0.4, 0.5) is 30.7 Å². The van der Waals surface area contributed by atoms with Crippen LogP contribution in [0, 0.1) is 0 Å². The van der Waals surface area contributed by atoms with E-state index in [2.05, 4.69) is 35.7 Å². The summed E-state index contributed by atoms with van der Waals surface area (Å²) in [5, 5.41) is 17.6. The molecule has 18 heteroatoms. The molecule has 44 heavy (non-hydrogen) atoms. The zero-order valence-corrected chi connectivity index (χ0v) is 22.5. The Hall–Kier alpha value is -4.90. The zero-order chi connectivity index (χ0) is 31.9. The summed E-state index contributed by atoms with van der Waals surface area (Å²) < 4.78 is 96.0. The maximum absolute atomic E-state index is 14.6. The minimum atomic E-state index is -4.86. The second-order valence-electron chi connectivity index (χ2n) is 9.50. The lowest BCUT2D eigenvalue weighted by atomic mass is 10.1. The Kier molecular flexibility index (Phi) is 9.90. The summed E-state index contributed by atoms with van der Waals surface area (Å²) in [7, 11) is 0. The summed E-state index contributed by atoms with van der Waals surface area (Å²) in [5.74, 6) is -1.43. The number of hydrogen-bond acceptors (Lipinski definition) is 8. The van der Waals surface area contributed by atoms with Crippen LogP contribution in [0.15, 0.2) is 55.0 Å². The molecule has 0 bridgehead atoms. The van der Waals surface area contributed by atoms with Gasteiger partial charge in [0.1, 0.15) is 23.4 Å². The fourth-order valence-corrected chi connectivity index (χ4v) is 3.90. The number of Topliss-reactive ketones (excluding diaryl/α,β-unsaturated/α-hetero) is 1. The highest BCUT2D eigenvalue weighted by molar-refractivity contribution is 5.91. The predicted octanol–water partition coefficient (Wildman–Crippen LogP) is 3.89. The Bertz CT molecular complexity index is 1570. The first kappa shape index (κ1) is 32.0. The number of nitrogens with zero attached hydrogens (tertiary/aromatic N) is 7. The molecule has 0 saturated heterocycles.